The molecule has 1 fully saturated rings. The number of hydrogen-bond acceptors (Lipinski definition) is 3. The standard InChI is InChI=1S/C16H23NO2S/c1-10(2)9-11-5-7-12(8-6-11)14-17-13(15(18)19)16(3,4)20-14/h5-8,10,13-14,17H,9H2,1-4H3,(H,18,19)/t13-,14-/m0/s1. The van der Waals surface area contributed by atoms with Crippen molar-refractivity contribution in [1.82, 2.24) is 5.32 Å². The first-order valence-corrected chi connectivity index (χ1v) is 7.93. The quantitative estimate of drug-likeness (QED) is 0.892. The van der Waals surface area contributed by atoms with E-state index in [4.69, 9.17) is 0 Å². The Bertz CT molecular complexity index is 482. The monoisotopic (exact) mass is 293 g/mol. The Kier molecular flexibility index (Phi) is 4.45. The Morgan fingerprint density at radius 3 is 2.40 bits per heavy atom. The third-order valence-electron chi connectivity index (χ3n) is 3.61. The van der Waals surface area contributed by atoms with Gasteiger partial charge in [0.15, 0.2) is 0 Å². The summed E-state index contributed by atoms with van der Waals surface area (Å²) in [6, 6.07) is 8.02. The fraction of sp³-hybridized carbons (Fsp3) is 0.562. The number of thioether (sulfide) groups is 1. The number of aliphatic carboxylic acids is 1. The van der Waals surface area contributed by atoms with Crippen LogP contribution in [0, 0.1) is 5.92 Å². The highest BCUT2D eigenvalue weighted by atomic mass is 32.2. The molecule has 1 aromatic carbocycles. The van der Waals surface area contributed by atoms with Crippen LogP contribution in [-0.4, -0.2) is 21.9 Å². The predicted molar refractivity (Wildman–Crippen MR) is 84.0 cm³/mol. The van der Waals surface area contributed by atoms with E-state index in [9.17, 15) is 9.90 Å². The zero-order chi connectivity index (χ0) is 14.9. The Hall–Kier alpha value is -1.00. The Balaban J connectivity index is 2.11. The summed E-state index contributed by atoms with van der Waals surface area (Å²) in [5.41, 5.74) is 2.49. The molecular weight excluding hydrogens is 270 g/mol. The maximum absolute atomic E-state index is 11.3. The molecule has 20 heavy (non-hydrogen) atoms. The molecule has 2 rings (SSSR count). The van der Waals surface area contributed by atoms with E-state index in [0.717, 1.165) is 12.0 Å². The number of nitrogens with one attached hydrogen (secondary N) is 1. The van der Waals surface area contributed by atoms with Gasteiger partial charge in [0, 0.05) is 4.75 Å². The smallest absolute Gasteiger partial charge is 0.322 e. The van der Waals surface area contributed by atoms with Gasteiger partial charge in [-0.25, -0.2) is 0 Å². The Labute approximate surface area is 125 Å². The van der Waals surface area contributed by atoms with Crippen molar-refractivity contribution in [2.75, 3.05) is 0 Å². The number of rotatable bonds is 4. The summed E-state index contributed by atoms with van der Waals surface area (Å²) < 4.78 is -0.299. The lowest BCUT2D eigenvalue weighted by Crippen LogP contribution is -2.43. The van der Waals surface area contributed by atoms with E-state index in [1.807, 2.05) is 13.8 Å². The molecule has 0 aliphatic carbocycles. The minimum absolute atomic E-state index is 0.0548. The van der Waals surface area contributed by atoms with Gasteiger partial charge in [-0.2, -0.15) is 0 Å². The van der Waals surface area contributed by atoms with Gasteiger partial charge < -0.3 is 5.11 Å². The summed E-state index contributed by atoms with van der Waals surface area (Å²) in [7, 11) is 0. The van der Waals surface area contributed by atoms with Crippen LogP contribution in [0.1, 0.15) is 44.2 Å². The lowest BCUT2D eigenvalue weighted by Gasteiger charge is -2.20. The predicted octanol–water partition coefficient (Wildman–Crippen LogP) is 3.45. The molecule has 0 radical (unpaired) electrons. The van der Waals surface area contributed by atoms with E-state index >= 15 is 0 Å². The van der Waals surface area contributed by atoms with E-state index in [1.165, 1.54) is 5.56 Å². The molecule has 0 saturated carbocycles. The van der Waals surface area contributed by atoms with E-state index in [-0.39, 0.29) is 10.1 Å². The molecule has 0 bridgehead atoms. The molecule has 0 spiro atoms. The molecule has 0 amide bonds. The van der Waals surface area contributed by atoms with Gasteiger partial charge >= 0.3 is 5.97 Å². The van der Waals surface area contributed by atoms with Crippen molar-refractivity contribution in [3.63, 3.8) is 0 Å². The average molecular weight is 293 g/mol. The first kappa shape index (κ1) is 15.4. The van der Waals surface area contributed by atoms with Gasteiger partial charge in [0.1, 0.15) is 6.04 Å². The first-order chi connectivity index (χ1) is 9.29. The van der Waals surface area contributed by atoms with E-state index in [1.54, 1.807) is 11.8 Å². The van der Waals surface area contributed by atoms with Crippen LogP contribution >= 0.6 is 11.8 Å². The van der Waals surface area contributed by atoms with Gasteiger partial charge in [-0.05, 0) is 37.3 Å². The maximum Gasteiger partial charge on any atom is 0.322 e. The topological polar surface area (TPSA) is 49.3 Å². The van der Waals surface area contributed by atoms with Crippen LogP contribution in [0.2, 0.25) is 0 Å². The summed E-state index contributed by atoms with van der Waals surface area (Å²) in [4.78, 5) is 11.3. The van der Waals surface area contributed by atoms with Crippen LogP contribution in [-0.2, 0) is 11.2 Å². The zero-order valence-electron chi connectivity index (χ0n) is 12.5. The SMILES string of the molecule is CC(C)Cc1ccc([C@H]2N[C@@H](C(=O)O)C(C)(C)S2)cc1. The fourth-order valence-corrected chi connectivity index (χ4v) is 4.00. The molecule has 1 heterocycles. The summed E-state index contributed by atoms with van der Waals surface area (Å²) in [5.74, 6) is -0.128. The summed E-state index contributed by atoms with van der Waals surface area (Å²) in [6.45, 7) is 8.39. The normalized spacial score (nSPS) is 25.1. The number of carboxylic acids is 1. The minimum Gasteiger partial charge on any atom is -0.480 e. The van der Waals surface area contributed by atoms with Gasteiger partial charge in [0.2, 0.25) is 0 Å². The van der Waals surface area contributed by atoms with E-state index < -0.39 is 12.0 Å². The summed E-state index contributed by atoms with van der Waals surface area (Å²) in [5, 5.41) is 12.6. The van der Waals surface area contributed by atoms with Crippen molar-refractivity contribution in [3.8, 4) is 0 Å². The molecule has 3 nitrogen and oxygen atoms in total. The lowest BCUT2D eigenvalue weighted by molar-refractivity contribution is -0.139. The molecule has 110 valence electrons. The Morgan fingerprint density at radius 2 is 1.95 bits per heavy atom. The molecule has 1 aliphatic heterocycles. The first-order valence-electron chi connectivity index (χ1n) is 7.05. The molecule has 1 saturated heterocycles. The largest absolute Gasteiger partial charge is 0.480 e. The molecule has 0 unspecified atom stereocenters. The highest BCUT2D eigenvalue weighted by molar-refractivity contribution is 8.01. The minimum atomic E-state index is -0.776. The van der Waals surface area contributed by atoms with E-state index in [0.29, 0.717) is 5.92 Å². The number of carboxylic acid groups (broad SMARTS) is 1. The zero-order valence-corrected chi connectivity index (χ0v) is 13.3. The second-order valence-corrected chi connectivity index (χ2v) is 8.14. The second kappa shape index (κ2) is 5.78. The highest BCUT2D eigenvalue weighted by Gasteiger charge is 2.45. The highest BCUT2D eigenvalue weighted by Crippen LogP contribution is 2.45. The average Bonchev–Trinajstić information content (AvgIpc) is 2.65. The van der Waals surface area contributed by atoms with Crippen molar-refractivity contribution in [1.29, 1.82) is 0 Å². The van der Waals surface area contributed by atoms with Crippen LogP contribution in [0.5, 0.6) is 0 Å². The van der Waals surface area contributed by atoms with E-state index in [2.05, 4.69) is 43.4 Å². The molecule has 1 aliphatic rings. The third-order valence-corrected chi connectivity index (χ3v) is 5.10. The van der Waals surface area contributed by atoms with Crippen molar-refractivity contribution in [3.05, 3.63) is 35.4 Å². The third kappa shape index (κ3) is 3.36. The fourth-order valence-electron chi connectivity index (χ4n) is 2.59. The van der Waals surface area contributed by atoms with Crippen LogP contribution in [0.3, 0.4) is 0 Å². The molecule has 2 atom stereocenters. The van der Waals surface area contributed by atoms with Crippen LogP contribution in [0.25, 0.3) is 0 Å². The summed E-state index contributed by atoms with van der Waals surface area (Å²) >= 11 is 1.69. The van der Waals surface area contributed by atoms with Gasteiger partial charge in [-0.3, -0.25) is 10.1 Å². The van der Waals surface area contributed by atoms with Crippen LogP contribution in [0.4, 0.5) is 0 Å². The lowest BCUT2D eigenvalue weighted by atomic mass is 10.0. The number of benzene rings is 1. The molecule has 0 aromatic heterocycles. The van der Waals surface area contributed by atoms with Crippen molar-refractivity contribution >= 4 is 17.7 Å². The molecular formula is C16H23NO2S. The van der Waals surface area contributed by atoms with Crippen molar-refractivity contribution in [2.24, 2.45) is 5.92 Å². The molecule has 2 N–H and O–H groups in total. The molecule has 4 heteroatoms. The Morgan fingerprint density at radius 1 is 1.35 bits per heavy atom. The maximum atomic E-state index is 11.3. The van der Waals surface area contributed by atoms with Crippen LogP contribution in [0.15, 0.2) is 24.3 Å². The molecule has 1 aromatic rings. The van der Waals surface area contributed by atoms with Gasteiger partial charge in [-0.1, -0.05) is 38.1 Å². The second-order valence-electron chi connectivity index (χ2n) is 6.38. The van der Waals surface area contributed by atoms with Gasteiger partial charge in [0.25, 0.3) is 0 Å². The number of carbonyl (C=O) groups is 1. The van der Waals surface area contributed by atoms with Gasteiger partial charge in [0.05, 0.1) is 5.37 Å². The van der Waals surface area contributed by atoms with Gasteiger partial charge in [-0.15, -0.1) is 11.8 Å². The van der Waals surface area contributed by atoms with Crippen molar-refractivity contribution in [2.45, 2.75) is 50.3 Å². The van der Waals surface area contributed by atoms with Crippen LogP contribution < -0.4 is 5.32 Å². The number of hydrogen-bond donors (Lipinski definition) is 2. The van der Waals surface area contributed by atoms with Crippen molar-refractivity contribution < 1.29 is 9.90 Å². The summed E-state index contributed by atoms with van der Waals surface area (Å²) in [6.07, 6.45) is 1.08.